The van der Waals surface area contributed by atoms with Gasteiger partial charge >= 0.3 is 132 Å². The van der Waals surface area contributed by atoms with Crippen LogP contribution in [0.1, 0.15) is 0 Å². The summed E-state index contributed by atoms with van der Waals surface area (Å²) in [6.45, 7) is 0. The maximum absolute atomic E-state index is 5.73. The molecule has 0 amide bonds. The SMILES string of the molecule is COC[PH](c1ccccc1)(c1ccccc1)c1ccccc1.Cl. The molecule has 0 fully saturated rings. The maximum Gasteiger partial charge on any atom is -0.147 e. The van der Waals surface area contributed by atoms with Crippen molar-refractivity contribution in [1.82, 2.24) is 0 Å². The van der Waals surface area contributed by atoms with Crippen LogP contribution in [0.15, 0.2) is 91.0 Å². The predicted molar refractivity (Wildman–Crippen MR) is 106 cm³/mol. The normalized spacial score (nSPS) is 11.5. The molecule has 3 aromatic carbocycles. The van der Waals surface area contributed by atoms with E-state index in [9.17, 15) is 0 Å². The molecule has 23 heavy (non-hydrogen) atoms. The molecule has 1 nitrogen and oxygen atoms in total. The Morgan fingerprint density at radius 1 is 0.609 bits per heavy atom. The molecule has 0 unspecified atom stereocenters. The average molecular weight is 345 g/mol. The van der Waals surface area contributed by atoms with E-state index < -0.39 is 7.26 Å². The largest absolute Gasteiger partial charge is 0.147 e. The van der Waals surface area contributed by atoms with Gasteiger partial charge in [-0.2, -0.15) is 0 Å². The summed E-state index contributed by atoms with van der Waals surface area (Å²) in [6, 6.07) is 32.4. The Labute approximate surface area is 145 Å². The summed E-state index contributed by atoms with van der Waals surface area (Å²) in [5.74, 6) is 0. The average Bonchev–Trinajstić information content (AvgIpc) is 2.62. The zero-order valence-corrected chi connectivity index (χ0v) is 15.0. The minimum absolute atomic E-state index is 0. The van der Waals surface area contributed by atoms with E-state index in [1.54, 1.807) is 7.11 Å². The van der Waals surface area contributed by atoms with Crippen LogP contribution in [0.3, 0.4) is 0 Å². The van der Waals surface area contributed by atoms with Crippen LogP contribution in [0.5, 0.6) is 0 Å². The van der Waals surface area contributed by atoms with E-state index in [0.717, 1.165) is 6.35 Å². The maximum atomic E-state index is 5.73. The van der Waals surface area contributed by atoms with Crippen molar-refractivity contribution in [1.29, 1.82) is 0 Å². The van der Waals surface area contributed by atoms with Gasteiger partial charge in [-0.25, -0.2) is 0 Å². The van der Waals surface area contributed by atoms with Crippen molar-refractivity contribution in [2.75, 3.05) is 13.5 Å². The molecule has 0 saturated carbocycles. The number of methoxy groups -OCH3 is 1. The molecule has 0 aliphatic rings. The second-order valence-corrected chi connectivity index (χ2v) is 9.27. The molecule has 0 spiro atoms. The summed E-state index contributed by atoms with van der Waals surface area (Å²) in [4.78, 5) is 0. The topological polar surface area (TPSA) is 9.23 Å². The zero-order chi connectivity index (χ0) is 15.3. The molecule has 0 aliphatic heterocycles. The summed E-state index contributed by atoms with van der Waals surface area (Å²) in [7, 11) is -0.344. The van der Waals surface area contributed by atoms with Crippen LogP contribution >= 0.6 is 19.7 Å². The summed E-state index contributed by atoms with van der Waals surface area (Å²) in [5.41, 5.74) is 0. The Morgan fingerprint density at radius 2 is 0.913 bits per heavy atom. The molecule has 0 bridgehead atoms. The fraction of sp³-hybridized carbons (Fsp3) is 0.100. The standard InChI is InChI=1S/C20H21OP.ClH/c1-21-17-22(18-11-5-2-6-12-18,19-13-7-3-8-14-19)20-15-9-4-10-16-20;/h2-16,22H,17H2,1H3;1H. The molecule has 0 radical (unpaired) electrons. The summed E-state index contributed by atoms with van der Waals surface area (Å²) in [6.07, 6.45) is 0.741. The number of halogens is 1. The van der Waals surface area contributed by atoms with Crippen molar-refractivity contribution < 1.29 is 4.74 Å². The first-order valence-corrected chi connectivity index (χ1v) is 9.74. The van der Waals surface area contributed by atoms with E-state index in [2.05, 4.69) is 91.0 Å². The minimum atomic E-state index is -2.15. The van der Waals surface area contributed by atoms with E-state index in [1.165, 1.54) is 15.9 Å². The van der Waals surface area contributed by atoms with E-state index in [0.29, 0.717) is 0 Å². The van der Waals surface area contributed by atoms with Gasteiger partial charge < -0.3 is 0 Å². The first-order valence-electron chi connectivity index (χ1n) is 7.53. The van der Waals surface area contributed by atoms with Gasteiger partial charge in [0.05, 0.1) is 0 Å². The van der Waals surface area contributed by atoms with E-state index in [1.807, 2.05) is 0 Å². The number of rotatable bonds is 5. The molecule has 3 aromatic rings. The molecule has 3 heteroatoms. The van der Waals surface area contributed by atoms with Gasteiger partial charge in [-0.1, -0.05) is 0 Å². The number of hydrogen-bond donors (Lipinski definition) is 0. The Kier molecular flexibility index (Phi) is 6.36. The van der Waals surface area contributed by atoms with Gasteiger partial charge in [-0.15, -0.1) is 12.4 Å². The van der Waals surface area contributed by atoms with Crippen molar-refractivity contribution in [2.24, 2.45) is 0 Å². The van der Waals surface area contributed by atoms with E-state index >= 15 is 0 Å². The predicted octanol–water partition coefficient (Wildman–Crippen LogP) is 3.74. The second kappa shape index (κ2) is 8.26. The Morgan fingerprint density at radius 3 is 1.17 bits per heavy atom. The number of benzene rings is 3. The minimum Gasteiger partial charge on any atom is -0.147 e. The summed E-state index contributed by atoms with van der Waals surface area (Å²) in [5, 5.41) is 4.15. The Hall–Kier alpha value is -1.66. The molecular weight excluding hydrogens is 323 g/mol. The Bertz CT molecular complexity index is 605. The van der Waals surface area contributed by atoms with Crippen molar-refractivity contribution in [3.8, 4) is 0 Å². The van der Waals surface area contributed by atoms with Gasteiger partial charge in [-0.3, -0.25) is 0 Å². The van der Waals surface area contributed by atoms with E-state index in [4.69, 9.17) is 4.74 Å². The molecule has 0 aromatic heterocycles. The molecule has 0 aliphatic carbocycles. The van der Waals surface area contributed by atoms with Crippen molar-refractivity contribution in [3.05, 3.63) is 91.0 Å². The van der Waals surface area contributed by atoms with Crippen molar-refractivity contribution in [2.45, 2.75) is 0 Å². The fourth-order valence-electron chi connectivity index (χ4n) is 3.13. The van der Waals surface area contributed by atoms with Crippen LogP contribution in [0.25, 0.3) is 0 Å². The monoisotopic (exact) mass is 344 g/mol. The van der Waals surface area contributed by atoms with E-state index in [-0.39, 0.29) is 12.4 Å². The molecule has 0 atom stereocenters. The number of ether oxygens (including phenoxy) is 1. The van der Waals surface area contributed by atoms with Gasteiger partial charge in [-0.05, 0) is 0 Å². The summed E-state index contributed by atoms with van der Waals surface area (Å²) >= 11 is 0. The van der Waals surface area contributed by atoms with Crippen molar-refractivity contribution in [3.63, 3.8) is 0 Å². The van der Waals surface area contributed by atoms with Gasteiger partial charge in [0, 0.05) is 0 Å². The van der Waals surface area contributed by atoms with Gasteiger partial charge in [0.2, 0.25) is 0 Å². The molecule has 0 saturated heterocycles. The van der Waals surface area contributed by atoms with Crippen LogP contribution in [-0.2, 0) is 4.74 Å². The van der Waals surface area contributed by atoms with Crippen LogP contribution < -0.4 is 15.9 Å². The quantitative estimate of drug-likeness (QED) is 0.641. The molecular formula is C20H22ClOP. The number of hydrogen-bond acceptors (Lipinski definition) is 1. The molecule has 0 heterocycles. The van der Waals surface area contributed by atoms with Gasteiger partial charge in [0.15, 0.2) is 0 Å². The van der Waals surface area contributed by atoms with Crippen LogP contribution in [0.2, 0.25) is 0 Å². The van der Waals surface area contributed by atoms with Gasteiger partial charge in [0.25, 0.3) is 0 Å². The third-order valence-electron chi connectivity index (χ3n) is 4.16. The third-order valence-corrected chi connectivity index (χ3v) is 8.84. The first kappa shape index (κ1) is 17.7. The van der Waals surface area contributed by atoms with Crippen molar-refractivity contribution >= 4 is 35.6 Å². The fourth-order valence-corrected chi connectivity index (χ4v) is 7.35. The van der Waals surface area contributed by atoms with Crippen LogP contribution in [-0.4, -0.2) is 13.5 Å². The smallest absolute Gasteiger partial charge is 0.147 e. The van der Waals surface area contributed by atoms with Crippen LogP contribution in [0.4, 0.5) is 0 Å². The first-order chi connectivity index (χ1) is 10.9. The second-order valence-electron chi connectivity index (χ2n) is 5.44. The Balaban J connectivity index is 0.00000192. The molecule has 120 valence electrons. The van der Waals surface area contributed by atoms with Crippen LogP contribution in [0, 0.1) is 0 Å². The van der Waals surface area contributed by atoms with Gasteiger partial charge in [0.1, 0.15) is 0 Å². The molecule has 0 N–H and O–H groups in total. The summed E-state index contributed by atoms with van der Waals surface area (Å²) < 4.78 is 5.73. The third kappa shape index (κ3) is 3.48. The zero-order valence-electron chi connectivity index (χ0n) is 13.2. The molecule has 3 rings (SSSR count).